The van der Waals surface area contributed by atoms with Crippen LogP contribution in [-0.4, -0.2) is 16.3 Å². The fourth-order valence-electron chi connectivity index (χ4n) is 3.13. The maximum absolute atomic E-state index is 6.50. The number of hydrogen-bond donors (Lipinski definition) is 0. The Bertz CT molecular complexity index is 650. The van der Waals surface area contributed by atoms with E-state index in [0.29, 0.717) is 0 Å². The lowest BCUT2D eigenvalue weighted by Gasteiger charge is -2.30. The minimum atomic E-state index is 0.818. The molecule has 0 radical (unpaired) electrons. The van der Waals surface area contributed by atoms with Crippen LogP contribution in [0.3, 0.4) is 0 Å². The Kier molecular flexibility index (Phi) is 3.25. The highest BCUT2D eigenvalue weighted by atomic mass is 35.5. The van der Waals surface area contributed by atoms with Crippen molar-refractivity contribution in [3.63, 3.8) is 0 Å². The first-order valence-corrected chi connectivity index (χ1v) is 7.43. The zero-order valence-corrected chi connectivity index (χ0v) is 13.3. The summed E-state index contributed by atoms with van der Waals surface area (Å²) < 4.78 is 1.97. The van der Waals surface area contributed by atoms with Crippen LogP contribution in [0.5, 0.6) is 0 Å². The van der Waals surface area contributed by atoms with Crippen LogP contribution in [0.2, 0.25) is 5.02 Å². The van der Waals surface area contributed by atoms with Gasteiger partial charge in [0.25, 0.3) is 0 Å². The third-order valence-corrected chi connectivity index (χ3v) is 4.46. The van der Waals surface area contributed by atoms with Crippen molar-refractivity contribution < 1.29 is 0 Å². The monoisotopic (exact) mass is 289 g/mol. The van der Waals surface area contributed by atoms with E-state index >= 15 is 0 Å². The Morgan fingerprint density at radius 1 is 1.20 bits per heavy atom. The second-order valence-corrected chi connectivity index (χ2v) is 6.09. The molecule has 4 heteroatoms. The minimum Gasteiger partial charge on any atom is -0.323 e. The molecule has 2 heterocycles. The summed E-state index contributed by atoms with van der Waals surface area (Å²) in [5, 5.41) is 5.52. The van der Waals surface area contributed by atoms with E-state index in [1.807, 2.05) is 17.8 Å². The molecule has 1 aromatic carbocycles. The predicted octanol–water partition coefficient (Wildman–Crippen LogP) is 4.08. The van der Waals surface area contributed by atoms with E-state index < -0.39 is 0 Å². The molecule has 2 aromatic rings. The van der Waals surface area contributed by atoms with Gasteiger partial charge in [-0.1, -0.05) is 17.7 Å². The number of rotatable bonds is 1. The van der Waals surface area contributed by atoms with E-state index in [1.165, 1.54) is 22.4 Å². The quantitative estimate of drug-likeness (QED) is 0.789. The number of halogens is 1. The summed E-state index contributed by atoms with van der Waals surface area (Å²) in [5.74, 6) is 1.07. The van der Waals surface area contributed by atoms with E-state index in [-0.39, 0.29) is 0 Å². The molecule has 0 fully saturated rings. The van der Waals surface area contributed by atoms with Crippen molar-refractivity contribution in [3.05, 3.63) is 39.5 Å². The second kappa shape index (κ2) is 4.81. The molecule has 0 aliphatic carbocycles. The normalized spacial score (nSPS) is 14.6. The molecule has 0 spiro atoms. The summed E-state index contributed by atoms with van der Waals surface area (Å²) in [5.41, 5.74) is 6.13. The summed E-state index contributed by atoms with van der Waals surface area (Å²) in [4.78, 5) is 2.28. The smallest absolute Gasteiger partial charge is 0.158 e. The Labute approximate surface area is 125 Å². The zero-order chi connectivity index (χ0) is 14.4. The summed E-state index contributed by atoms with van der Waals surface area (Å²) >= 11 is 6.50. The van der Waals surface area contributed by atoms with Crippen molar-refractivity contribution in [2.45, 2.75) is 33.6 Å². The van der Waals surface area contributed by atoms with Gasteiger partial charge in [0.1, 0.15) is 0 Å². The number of aromatic nitrogens is 2. The minimum absolute atomic E-state index is 0.818. The van der Waals surface area contributed by atoms with Crippen molar-refractivity contribution >= 4 is 23.1 Å². The molecule has 20 heavy (non-hydrogen) atoms. The number of benzene rings is 1. The molecule has 106 valence electrons. The average Bonchev–Trinajstić information content (AvgIpc) is 2.66. The van der Waals surface area contributed by atoms with E-state index in [1.54, 1.807) is 0 Å². The first kappa shape index (κ1) is 13.5. The van der Waals surface area contributed by atoms with Gasteiger partial charge in [-0.05, 0) is 50.8 Å². The van der Waals surface area contributed by atoms with E-state index in [2.05, 4.69) is 31.7 Å². The van der Waals surface area contributed by atoms with Gasteiger partial charge in [0.15, 0.2) is 5.82 Å². The molecule has 3 rings (SSSR count). The molecule has 0 saturated carbocycles. The fraction of sp³-hybridized carbons (Fsp3) is 0.438. The summed E-state index contributed by atoms with van der Waals surface area (Å²) in [6.45, 7) is 7.32. The first-order valence-electron chi connectivity index (χ1n) is 7.06. The highest BCUT2D eigenvalue weighted by Crippen LogP contribution is 2.39. The number of anilines is 2. The summed E-state index contributed by atoms with van der Waals surface area (Å²) in [6.07, 6.45) is 2.25. The predicted molar refractivity (Wildman–Crippen MR) is 84.2 cm³/mol. The number of hydrogen-bond acceptors (Lipinski definition) is 2. The zero-order valence-electron chi connectivity index (χ0n) is 12.5. The molecule has 1 aromatic heterocycles. The van der Waals surface area contributed by atoms with Gasteiger partial charge in [0.2, 0.25) is 0 Å². The van der Waals surface area contributed by atoms with Gasteiger partial charge in [-0.15, -0.1) is 0 Å². The molecular formula is C16H20ClN3. The number of aryl methyl sites for hydroxylation is 3. The van der Waals surface area contributed by atoms with Crippen LogP contribution in [0, 0.1) is 20.8 Å². The first-order chi connectivity index (χ1) is 9.49. The van der Waals surface area contributed by atoms with Crippen LogP contribution in [-0.2, 0) is 13.5 Å². The Balaban J connectivity index is 2.16. The van der Waals surface area contributed by atoms with Gasteiger partial charge in [0.05, 0.1) is 10.7 Å². The van der Waals surface area contributed by atoms with E-state index in [0.717, 1.165) is 35.9 Å². The largest absolute Gasteiger partial charge is 0.323 e. The van der Waals surface area contributed by atoms with Gasteiger partial charge in [0, 0.05) is 24.8 Å². The van der Waals surface area contributed by atoms with Crippen molar-refractivity contribution in [2.24, 2.45) is 7.05 Å². The van der Waals surface area contributed by atoms with Gasteiger partial charge in [-0.2, -0.15) is 5.10 Å². The van der Waals surface area contributed by atoms with Gasteiger partial charge in [-0.3, -0.25) is 4.68 Å². The van der Waals surface area contributed by atoms with Crippen LogP contribution < -0.4 is 4.90 Å². The standard InChI is InChI=1S/C16H20ClN3/c1-10-8-11(2)15(14(17)9-10)20-7-5-6-13-12(3)19(4)18-16(13)20/h8-9H,5-7H2,1-4H3. The van der Waals surface area contributed by atoms with Crippen molar-refractivity contribution in [3.8, 4) is 0 Å². The second-order valence-electron chi connectivity index (χ2n) is 5.68. The molecule has 0 amide bonds. The molecule has 1 aliphatic heterocycles. The molecule has 0 unspecified atom stereocenters. The van der Waals surface area contributed by atoms with E-state index in [9.17, 15) is 0 Å². The van der Waals surface area contributed by atoms with Crippen LogP contribution in [0.4, 0.5) is 11.5 Å². The molecule has 3 nitrogen and oxygen atoms in total. The SMILES string of the molecule is Cc1cc(C)c(N2CCCc3c2nn(C)c3C)c(Cl)c1. The number of nitrogens with zero attached hydrogens (tertiary/aromatic N) is 3. The lowest BCUT2D eigenvalue weighted by atomic mass is 10.0. The Morgan fingerprint density at radius 2 is 1.95 bits per heavy atom. The summed E-state index contributed by atoms with van der Waals surface area (Å²) in [7, 11) is 2.01. The van der Waals surface area contributed by atoms with Gasteiger partial charge >= 0.3 is 0 Å². The van der Waals surface area contributed by atoms with Crippen molar-refractivity contribution in [1.29, 1.82) is 0 Å². The molecular weight excluding hydrogens is 270 g/mol. The third kappa shape index (κ3) is 2.01. The van der Waals surface area contributed by atoms with Crippen molar-refractivity contribution in [2.75, 3.05) is 11.4 Å². The molecule has 0 bridgehead atoms. The Morgan fingerprint density at radius 3 is 2.65 bits per heavy atom. The summed E-state index contributed by atoms with van der Waals surface area (Å²) in [6, 6.07) is 4.22. The average molecular weight is 290 g/mol. The highest BCUT2D eigenvalue weighted by molar-refractivity contribution is 6.33. The highest BCUT2D eigenvalue weighted by Gasteiger charge is 2.26. The topological polar surface area (TPSA) is 21.1 Å². The van der Waals surface area contributed by atoms with Crippen LogP contribution in [0.15, 0.2) is 12.1 Å². The maximum Gasteiger partial charge on any atom is 0.158 e. The van der Waals surface area contributed by atoms with E-state index in [4.69, 9.17) is 16.7 Å². The Hall–Kier alpha value is -1.48. The lowest BCUT2D eigenvalue weighted by molar-refractivity contribution is 0.732. The molecule has 1 aliphatic rings. The third-order valence-electron chi connectivity index (χ3n) is 4.17. The van der Waals surface area contributed by atoms with Gasteiger partial charge in [-0.25, -0.2) is 0 Å². The number of fused-ring (bicyclic) bond motifs is 1. The van der Waals surface area contributed by atoms with Gasteiger partial charge < -0.3 is 4.90 Å². The molecule has 0 N–H and O–H groups in total. The van der Waals surface area contributed by atoms with Crippen molar-refractivity contribution in [1.82, 2.24) is 9.78 Å². The fourth-order valence-corrected chi connectivity index (χ4v) is 3.55. The maximum atomic E-state index is 6.50. The molecule has 0 saturated heterocycles. The molecule has 0 atom stereocenters. The van der Waals surface area contributed by atoms with Crippen LogP contribution in [0.1, 0.15) is 28.8 Å². The van der Waals surface area contributed by atoms with Crippen LogP contribution >= 0.6 is 11.6 Å². The van der Waals surface area contributed by atoms with Crippen LogP contribution in [0.25, 0.3) is 0 Å². The lowest BCUT2D eigenvalue weighted by Crippen LogP contribution is -2.25.